The van der Waals surface area contributed by atoms with E-state index in [1.807, 2.05) is 58.5 Å². The maximum atomic E-state index is 4.03. The fourth-order valence-corrected chi connectivity index (χ4v) is 0.998. The van der Waals surface area contributed by atoms with E-state index in [0.29, 0.717) is 12.1 Å². The molecular weight excluding hydrogens is 252 g/mol. The van der Waals surface area contributed by atoms with Crippen LogP contribution in [0.2, 0.25) is 0 Å². The topological polar surface area (TPSA) is 61.4 Å². The Kier molecular flexibility index (Phi) is 14.1. The molecule has 0 radical (unpaired) electrons. The third-order valence-corrected chi connectivity index (χ3v) is 1.88. The number of nitrogens with zero attached hydrogens (tertiary/aromatic N) is 6. The first-order valence-corrected chi connectivity index (χ1v) is 7.33. The second-order valence-electron chi connectivity index (χ2n) is 3.93. The van der Waals surface area contributed by atoms with Crippen LogP contribution in [0.5, 0.6) is 0 Å². The van der Waals surface area contributed by atoms with Crippen molar-refractivity contribution in [3.05, 3.63) is 24.8 Å². The van der Waals surface area contributed by atoms with Crippen LogP contribution in [0.1, 0.15) is 67.5 Å². The fraction of sp³-hybridized carbons (Fsp3) is 0.714. The lowest BCUT2D eigenvalue weighted by Crippen LogP contribution is -2.04. The van der Waals surface area contributed by atoms with E-state index in [1.54, 1.807) is 11.0 Å². The van der Waals surface area contributed by atoms with Crippen LogP contribution >= 0.6 is 0 Å². The zero-order valence-corrected chi connectivity index (χ0v) is 14.1. The first-order valence-electron chi connectivity index (χ1n) is 7.33. The standard InChI is InChI=1S/C6H10N2.C4H8N4.2C2H6/c1-6(2)8-5-3-4-7-8;1-4(2)8-6-3-5-7-8;2*1-2/h3-6H,1-2H3;3-4H,1-2H3;2*1-2H3. The molecule has 0 saturated carbocycles. The molecule has 0 spiro atoms. The summed E-state index contributed by atoms with van der Waals surface area (Å²) >= 11 is 0. The molecule has 6 heteroatoms. The van der Waals surface area contributed by atoms with Crippen molar-refractivity contribution in [2.45, 2.75) is 67.5 Å². The van der Waals surface area contributed by atoms with E-state index in [-0.39, 0.29) is 0 Å². The molecule has 2 heterocycles. The highest BCUT2D eigenvalue weighted by molar-refractivity contribution is 4.79. The van der Waals surface area contributed by atoms with Crippen LogP contribution in [0.25, 0.3) is 0 Å². The molecule has 0 saturated heterocycles. The van der Waals surface area contributed by atoms with Gasteiger partial charge >= 0.3 is 0 Å². The van der Waals surface area contributed by atoms with Gasteiger partial charge in [-0.2, -0.15) is 9.90 Å². The van der Waals surface area contributed by atoms with Crippen LogP contribution in [-0.4, -0.2) is 30.0 Å². The van der Waals surface area contributed by atoms with Gasteiger partial charge in [-0.1, -0.05) is 27.7 Å². The van der Waals surface area contributed by atoms with E-state index < -0.39 is 0 Å². The Bertz CT molecular complexity index is 326. The Morgan fingerprint density at radius 3 is 1.65 bits per heavy atom. The lowest BCUT2D eigenvalue weighted by atomic mass is 10.4. The van der Waals surface area contributed by atoms with Crippen LogP contribution in [-0.2, 0) is 0 Å². The number of hydrogen-bond acceptors (Lipinski definition) is 4. The Labute approximate surface area is 123 Å². The highest BCUT2D eigenvalue weighted by atomic mass is 15.6. The molecule has 2 aromatic rings. The molecule has 0 fully saturated rings. The molecule has 116 valence electrons. The predicted molar refractivity (Wildman–Crippen MR) is 83.5 cm³/mol. The van der Waals surface area contributed by atoms with Gasteiger partial charge in [0.1, 0.15) is 0 Å². The van der Waals surface area contributed by atoms with E-state index in [0.717, 1.165) is 0 Å². The molecule has 2 aromatic heterocycles. The summed E-state index contributed by atoms with van der Waals surface area (Å²) in [5, 5.41) is 15.1. The van der Waals surface area contributed by atoms with Crippen LogP contribution in [0.3, 0.4) is 0 Å². The van der Waals surface area contributed by atoms with Crippen molar-refractivity contribution >= 4 is 0 Å². The van der Waals surface area contributed by atoms with Crippen molar-refractivity contribution in [3.63, 3.8) is 0 Å². The summed E-state index contributed by atoms with van der Waals surface area (Å²) in [5.41, 5.74) is 0. The maximum Gasteiger partial charge on any atom is 0.162 e. The zero-order valence-electron chi connectivity index (χ0n) is 14.1. The largest absolute Gasteiger partial charge is 0.270 e. The van der Waals surface area contributed by atoms with Gasteiger partial charge < -0.3 is 0 Å². The van der Waals surface area contributed by atoms with Gasteiger partial charge in [-0.3, -0.25) is 4.68 Å². The van der Waals surface area contributed by atoms with Gasteiger partial charge in [0.2, 0.25) is 0 Å². The molecule has 0 bridgehead atoms. The molecule has 0 aliphatic heterocycles. The SMILES string of the molecule is CC.CC.CC(C)n1cccn1.CC(C)n1ncnn1. The number of rotatable bonds is 2. The molecule has 0 aliphatic carbocycles. The van der Waals surface area contributed by atoms with Gasteiger partial charge in [0.15, 0.2) is 6.33 Å². The third-order valence-electron chi connectivity index (χ3n) is 1.88. The van der Waals surface area contributed by atoms with Crippen LogP contribution in [0.4, 0.5) is 0 Å². The average molecular weight is 282 g/mol. The fourth-order valence-electron chi connectivity index (χ4n) is 0.998. The maximum absolute atomic E-state index is 4.03. The monoisotopic (exact) mass is 282 g/mol. The summed E-state index contributed by atoms with van der Waals surface area (Å²) in [7, 11) is 0. The van der Waals surface area contributed by atoms with Gasteiger partial charge in [0, 0.05) is 18.4 Å². The molecular formula is C14H30N6. The minimum Gasteiger partial charge on any atom is -0.270 e. The Hall–Kier alpha value is -1.72. The van der Waals surface area contributed by atoms with E-state index in [4.69, 9.17) is 0 Å². The molecule has 0 amide bonds. The second-order valence-corrected chi connectivity index (χ2v) is 3.93. The van der Waals surface area contributed by atoms with E-state index in [1.165, 1.54) is 6.33 Å². The zero-order chi connectivity index (χ0) is 16.0. The lowest BCUT2D eigenvalue weighted by Gasteiger charge is -2.01. The van der Waals surface area contributed by atoms with Crippen molar-refractivity contribution in [2.75, 3.05) is 0 Å². The first-order chi connectivity index (χ1) is 9.61. The highest BCUT2D eigenvalue weighted by Gasteiger charge is 1.94. The van der Waals surface area contributed by atoms with E-state index in [2.05, 4.69) is 34.4 Å². The first kappa shape index (κ1) is 20.6. The number of hydrogen-bond donors (Lipinski definition) is 0. The molecule has 6 nitrogen and oxygen atoms in total. The third kappa shape index (κ3) is 9.24. The van der Waals surface area contributed by atoms with Crippen LogP contribution < -0.4 is 0 Å². The van der Waals surface area contributed by atoms with E-state index in [9.17, 15) is 0 Å². The molecule has 0 N–H and O–H groups in total. The summed E-state index contributed by atoms with van der Waals surface area (Å²) in [4.78, 5) is 1.56. The summed E-state index contributed by atoms with van der Waals surface area (Å²) in [6.45, 7) is 16.2. The van der Waals surface area contributed by atoms with Crippen molar-refractivity contribution in [2.24, 2.45) is 0 Å². The molecule has 0 aromatic carbocycles. The van der Waals surface area contributed by atoms with Gasteiger partial charge in [0.25, 0.3) is 0 Å². The summed E-state index contributed by atoms with van der Waals surface area (Å²) in [6.07, 6.45) is 5.19. The Balaban J connectivity index is 0. The molecule has 20 heavy (non-hydrogen) atoms. The van der Waals surface area contributed by atoms with Crippen LogP contribution in [0, 0.1) is 0 Å². The quantitative estimate of drug-likeness (QED) is 0.841. The summed E-state index contributed by atoms with van der Waals surface area (Å²) < 4.78 is 1.92. The predicted octanol–water partition coefficient (Wildman–Crippen LogP) is 3.77. The van der Waals surface area contributed by atoms with Crippen LogP contribution in [0.15, 0.2) is 24.8 Å². The minimum absolute atomic E-state index is 0.317. The van der Waals surface area contributed by atoms with Crippen molar-refractivity contribution < 1.29 is 0 Å². The molecule has 0 unspecified atom stereocenters. The second kappa shape index (κ2) is 13.7. The Morgan fingerprint density at radius 2 is 1.45 bits per heavy atom. The van der Waals surface area contributed by atoms with Gasteiger partial charge in [0.05, 0.1) is 6.04 Å². The number of tetrazole rings is 1. The van der Waals surface area contributed by atoms with Crippen molar-refractivity contribution in [3.8, 4) is 0 Å². The molecule has 0 atom stereocenters. The highest BCUT2D eigenvalue weighted by Crippen LogP contribution is 1.98. The minimum atomic E-state index is 0.317. The smallest absolute Gasteiger partial charge is 0.162 e. The summed E-state index contributed by atoms with van der Waals surface area (Å²) in [5.74, 6) is 0. The average Bonchev–Trinajstić information content (AvgIpc) is 3.17. The lowest BCUT2D eigenvalue weighted by molar-refractivity contribution is 0.455. The Morgan fingerprint density at radius 1 is 0.850 bits per heavy atom. The van der Waals surface area contributed by atoms with Gasteiger partial charge in [-0.15, -0.1) is 10.2 Å². The number of aromatic nitrogens is 6. The van der Waals surface area contributed by atoms with Crippen molar-refractivity contribution in [1.29, 1.82) is 0 Å². The van der Waals surface area contributed by atoms with E-state index >= 15 is 0 Å². The molecule has 2 rings (SSSR count). The molecule has 0 aliphatic rings. The summed E-state index contributed by atoms with van der Waals surface area (Å²) in [6, 6.07) is 2.74. The van der Waals surface area contributed by atoms with Gasteiger partial charge in [-0.25, -0.2) is 0 Å². The van der Waals surface area contributed by atoms with Crippen molar-refractivity contribution in [1.82, 2.24) is 30.0 Å². The van der Waals surface area contributed by atoms with Gasteiger partial charge in [-0.05, 0) is 39.0 Å². The normalized spacial score (nSPS) is 8.90.